The van der Waals surface area contributed by atoms with Gasteiger partial charge in [0.15, 0.2) is 9.84 Å². The zero-order valence-electron chi connectivity index (χ0n) is 13.7. The Bertz CT molecular complexity index is 992. The number of ether oxygens (including phenoxy) is 1. The summed E-state index contributed by atoms with van der Waals surface area (Å²) in [5.74, 6) is 1.09. The van der Waals surface area contributed by atoms with Gasteiger partial charge in [-0.2, -0.15) is 0 Å². The van der Waals surface area contributed by atoms with Crippen LogP contribution in [-0.4, -0.2) is 37.6 Å². The summed E-state index contributed by atoms with van der Waals surface area (Å²) < 4.78 is 34.8. The first-order valence-electron chi connectivity index (χ1n) is 7.99. The lowest BCUT2D eigenvalue weighted by molar-refractivity contribution is 0.0648. The van der Waals surface area contributed by atoms with E-state index >= 15 is 0 Å². The molecule has 1 aromatic heterocycles. The smallest absolute Gasteiger partial charge is 0.339 e. The summed E-state index contributed by atoms with van der Waals surface area (Å²) in [6, 6.07) is 3.76. The first kappa shape index (κ1) is 15.7. The van der Waals surface area contributed by atoms with Gasteiger partial charge in [0.2, 0.25) is 0 Å². The second-order valence-corrected chi connectivity index (χ2v) is 8.86. The predicted molar refractivity (Wildman–Crippen MR) is 90.1 cm³/mol. The lowest BCUT2D eigenvalue weighted by Gasteiger charge is -2.33. The summed E-state index contributed by atoms with van der Waals surface area (Å²) >= 11 is 0. The topological polar surface area (TPSA) is 76.8 Å². The van der Waals surface area contributed by atoms with Gasteiger partial charge in [0.25, 0.3) is 0 Å². The van der Waals surface area contributed by atoms with E-state index in [0.717, 1.165) is 16.5 Å². The van der Waals surface area contributed by atoms with Crippen LogP contribution in [0.15, 0.2) is 21.3 Å². The van der Waals surface area contributed by atoms with E-state index in [-0.39, 0.29) is 23.2 Å². The summed E-state index contributed by atoms with van der Waals surface area (Å²) in [6.07, 6.45) is 0.619. The third kappa shape index (κ3) is 2.43. The van der Waals surface area contributed by atoms with Gasteiger partial charge in [0, 0.05) is 23.5 Å². The SMILES string of the molecule is Cc1c(C)c2ccc3c(c2oc1=O)CN([C@H]1CCS(=O)(=O)C1)CO3. The Hall–Kier alpha value is -1.86. The fraction of sp³-hybridized carbons (Fsp3) is 0.471. The average molecular weight is 349 g/mol. The molecule has 2 aliphatic rings. The fourth-order valence-electron chi connectivity index (χ4n) is 3.53. The minimum Gasteiger partial charge on any atom is -0.478 e. The third-order valence-corrected chi connectivity index (χ3v) is 6.91. The lowest BCUT2D eigenvalue weighted by Crippen LogP contribution is -2.41. The highest BCUT2D eigenvalue weighted by molar-refractivity contribution is 7.91. The normalized spacial score (nSPS) is 23.2. The zero-order chi connectivity index (χ0) is 17.1. The molecule has 0 amide bonds. The Morgan fingerprint density at radius 2 is 2.00 bits per heavy atom. The molecule has 6 nitrogen and oxygen atoms in total. The second-order valence-electron chi connectivity index (χ2n) is 6.64. The highest BCUT2D eigenvalue weighted by atomic mass is 32.2. The molecule has 24 heavy (non-hydrogen) atoms. The minimum absolute atomic E-state index is 0.0447. The summed E-state index contributed by atoms with van der Waals surface area (Å²) in [4.78, 5) is 14.1. The molecule has 0 bridgehead atoms. The molecule has 2 aromatic rings. The van der Waals surface area contributed by atoms with E-state index in [1.165, 1.54) is 0 Å². The Kier molecular flexibility index (Phi) is 3.47. The van der Waals surface area contributed by atoms with Gasteiger partial charge in [-0.1, -0.05) is 0 Å². The molecule has 0 N–H and O–H groups in total. The molecular formula is C17H19NO5S. The van der Waals surface area contributed by atoms with Crippen molar-refractivity contribution in [1.29, 1.82) is 0 Å². The first-order valence-corrected chi connectivity index (χ1v) is 9.81. The van der Waals surface area contributed by atoms with E-state index < -0.39 is 9.84 Å². The van der Waals surface area contributed by atoms with E-state index in [1.54, 1.807) is 6.92 Å². The van der Waals surface area contributed by atoms with Gasteiger partial charge in [0.1, 0.15) is 18.1 Å². The highest BCUT2D eigenvalue weighted by Gasteiger charge is 2.35. The summed E-state index contributed by atoms with van der Waals surface area (Å²) in [6.45, 7) is 4.55. The van der Waals surface area contributed by atoms with Crippen molar-refractivity contribution >= 4 is 20.8 Å². The molecule has 7 heteroatoms. The van der Waals surface area contributed by atoms with Gasteiger partial charge < -0.3 is 9.15 Å². The molecule has 0 saturated carbocycles. The minimum atomic E-state index is -2.95. The largest absolute Gasteiger partial charge is 0.478 e. The number of sulfone groups is 1. The van der Waals surface area contributed by atoms with Crippen molar-refractivity contribution in [2.24, 2.45) is 0 Å². The number of benzene rings is 1. The van der Waals surface area contributed by atoms with Crippen LogP contribution in [-0.2, 0) is 16.4 Å². The van der Waals surface area contributed by atoms with Crippen molar-refractivity contribution in [3.05, 3.63) is 39.2 Å². The second kappa shape index (κ2) is 5.32. The number of rotatable bonds is 1. The summed E-state index contributed by atoms with van der Waals surface area (Å²) in [7, 11) is -2.95. The summed E-state index contributed by atoms with van der Waals surface area (Å²) in [5.41, 5.74) is 2.55. The molecule has 0 spiro atoms. The highest BCUT2D eigenvalue weighted by Crippen LogP contribution is 2.35. The van der Waals surface area contributed by atoms with Crippen LogP contribution in [0.25, 0.3) is 11.0 Å². The molecule has 128 valence electrons. The predicted octanol–water partition coefficient (Wildman–Crippen LogP) is 1.75. The molecule has 1 fully saturated rings. The Morgan fingerprint density at radius 3 is 2.71 bits per heavy atom. The van der Waals surface area contributed by atoms with Crippen molar-refractivity contribution in [1.82, 2.24) is 4.90 Å². The molecule has 0 aliphatic carbocycles. The molecule has 0 unspecified atom stereocenters. The van der Waals surface area contributed by atoms with Gasteiger partial charge in [-0.25, -0.2) is 13.2 Å². The van der Waals surface area contributed by atoms with Crippen molar-refractivity contribution < 1.29 is 17.6 Å². The van der Waals surface area contributed by atoms with Crippen LogP contribution in [0.4, 0.5) is 0 Å². The first-order chi connectivity index (χ1) is 11.4. The van der Waals surface area contributed by atoms with Crippen molar-refractivity contribution in [3.8, 4) is 5.75 Å². The van der Waals surface area contributed by atoms with Crippen LogP contribution in [0.3, 0.4) is 0 Å². The van der Waals surface area contributed by atoms with Crippen LogP contribution < -0.4 is 10.4 Å². The van der Waals surface area contributed by atoms with E-state index in [9.17, 15) is 13.2 Å². The van der Waals surface area contributed by atoms with E-state index in [1.807, 2.05) is 24.0 Å². The zero-order valence-corrected chi connectivity index (χ0v) is 14.5. The van der Waals surface area contributed by atoms with Crippen LogP contribution >= 0.6 is 0 Å². The van der Waals surface area contributed by atoms with Gasteiger partial charge in [-0.05, 0) is 38.0 Å². The molecule has 4 rings (SSSR count). The van der Waals surface area contributed by atoms with Gasteiger partial charge in [-0.3, -0.25) is 4.90 Å². The van der Waals surface area contributed by atoms with Crippen LogP contribution in [0.5, 0.6) is 5.75 Å². The van der Waals surface area contributed by atoms with Crippen LogP contribution in [0.2, 0.25) is 0 Å². The van der Waals surface area contributed by atoms with E-state index in [4.69, 9.17) is 9.15 Å². The van der Waals surface area contributed by atoms with Crippen LogP contribution in [0, 0.1) is 13.8 Å². The number of aryl methyl sites for hydroxylation is 1. The van der Waals surface area contributed by atoms with E-state index in [0.29, 0.717) is 36.6 Å². The quantitative estimate of drug-likeness (QED) is 0.730. The van der Waals surface area contributed by atoms with Gasteiger partial charge in [0.05, 0.1) is 17.1 Å². The van der Waals surface area contributed by atoms with Gasteiger partial charge in [-0.15, -0.1) is 0 Å². The maximum atomic E-state index is 12.1. The molecule has 1 aromatic carbocycles. The Morgan fingerprint density at radius 1 is 1.21 bits per heavy atom. The molecular weight excluding hydrogens is 330 g/mol. The average Bonchev–Trinajstić information content (AvgIpc) is 2.92. The number of fused-ring (bicyclic) bond motifs is 3. The fourth-order valence-corrected chi connectivity index (χ4v) is 5.29. The van der Waals surface area contributed by atoms with Crippen molar-refractivity contribution in [2.75, 3.05) is 18.2 Å². The number of hydrogen-bond donors (Lipinski definition) is 0. The van der Waals surface area contributed by atoms with Gasteiger partial charge >= 0.3 is 5.63 Å². The van der Waals surface area contributed by atoms with E-state index in [2.05, 4.69) is 0 Å². The van der Waals surface area contributed by atoms with Crippen LogP contribution in [0.1, 0.15) is 23.1 Å². The number of hydrogen-bond acceptors (Lipinski definition) is 6. The Labute approximate surface area is 139 Å². The molecule has 1 saturated heterocycles. The molecule has 3 heterocycles. The number of nitrogens with zero attached hydrogens (tertiary/aromatic N) is 1. The molecule has 1 atom stereocenters. The third-order valence-electron chi connectivity index (χ3n) is 5.16. The monoisotopic (exact) mass is 349 g/mol. The lowest BCUT2D eigenvalue weighted by atomic mass is 10.0. The van der Waals surface area contributed by atoms with Crippen molar-refractivity contribution in [3.63, 3.8) is 0 Å². The maximum Gasteiger partial charge on any atom is 0.339 e. The molecule has 2 aliphatic heterocycles. The van der Waals surface area contributed by atoms with Crippen molar-refractivity contribution in [2.45, 2.75) is 32.9 Å². The Balaban J connectivity index is 1.78. The summed E-state index contributed by atoms with van der Waals surface area (Å²) in [5, 5.41) is 0.898. The maximum absolute atomic E-state index is 12.1. The standard InChI is InChI=1S/C17H19NO5S/c1-10-11(2)17(19)23-16-13(10)3-4-15-14(16)7-18(9-22-15)12-5-6-24(20,21)8-12/h3-4,12H,5-9H2,1-2H3/t12-/m0/s1. The molecule has 0 radical (unpaired) electrons.